The summed E-state index contributed by atoms with van der Waals surface area (Å²) >= 11 is 0. The Morgan fingerprint density at radius 3 is 2.17 bits per heavy atom. The minimum atomic E-state index is -0.678. The van der Waals surface area contributed by atoms with Crippen LogP contribution in [0.4, 0.5) is 0 Å². The van der Waals surface area contributed by atoms with E-state index in [0.717, 1.165) is 57.4 Å². The second kappa shape index (κ2) is 14.7. The van der Waals surface area contributed by atoms with E-state index >= 15 is 0 Å². The third-order valence-electron chi connectivity index (χ3n) is 10.3. The minimum Gasteiger partial charge on any atom is -0.342 e. The molecule has 2 amide bonds. The lowest BCUT2D eigenvalue weighted by molar-refractivity contribution is -0.162. The number of aryl methyl sites for hydroxylation is 1. The highest BCUT2D eigenvalue weighted by Gasteiger charge is 2.53. The Labute approximate surface area is 254 Å². The predicted octanol–water partition coefficient (Wildman–Crippen LogP) is 6.28. The van der Waals surface area contributed by atoms with E-state index in [2.05, 4.69) is 35.7 Å². The van der Waals surface area contributed by atoms with E-state index in [1.54, 1.807) is 0 Å². The summed E-state index contributed by atoms with van der Waals surface area (Å²) in [5.74, 6) is 0.853. The SMILES string of the molecule is CCCCN1C(=O)[C@H](CC2CCCCC2)NC(=O)C12CCN(Cc1c(C)nn(C3CCCCC3)c1C)CC2.Cl.Cl. The number of carbonyl (C=O) groups excluding carboxylic acids is 2. The topological polar surface area (TPSA) is 70.5 Å². The molecule has 0 bridgehead atoms. The van der Waals surface area contributed by atoms with Crippen LogP contribution in [-0.2, 0) is 16.1 Å². The normalized spacial score (nSPS) is 24.5. The number of rotatable bonds is 8. The Hall–Kier alpha value is -1.31. The van der Waals surface area contributed by atoms with E-state index < -0.39 is 5.54 Å². The fraction of sp³-hybridized carbons (Fsp3) is 0.839. The highest BCUT2D eigenvalue weighted by Crippen LogP contribution is 2.37. The van der Waals surface area contributed by atoms with Gasteiger partial charge in [-0.2, -0.15) is 5.10 Å². The number of nitrogens with one attached hydrogen (secondary N) is 1. The van der Waals surface area contributed by atoms with Gasteiger partial charge in [-0.1, -0.05) is 64.7 Å². The van der Waals surface area contributed by atoms with Crippen molar-refractivity contribution >= 4 is 36.6 Å². The van der Waals surface area contributed by atoms with Crippen molar-refractivity contribution in [2.75, 3.05) is 19.6 Å². The first kappa shape index (κ1) is 33.2. The van der Waals surface area contributed by atoms with Gasteiger partial charge in [0.15, 0.2) is 0 Å². The Morgan fingerprint density at radius 1 is 0.925 bits per heavy atom. The average Bonchev–Trinajstić information content (AvgIpc) is 3.22. The predicted molar refractivity (Wildman–Crippen MR) is 165 cm³/mol. The molecular formula is C31H53Cl2N5O2. The molecule has 2 aliphatic carbocycles. The van der Waals surface area contributed by atoms with E-state index in [-0.39, 0.29) is 42.7 Å². The van der Waals surface area contributed by atoms with Crippen LogP contribution in [0.15, 0.2) is 0 Å². The van der Waals surface area contributed by atoms with Crippen LogP contribution in [0, 0.1) is 19.8 Å². The summed E-state index contributed by atoms with van der Waals surface area (Å²) in [4.78, 5) is 32.1. The number of hydrogen-bond donors (Lipinski definition) is 1. The van der Waals surface area contributed by atoms with Gasteiger partial charge >= 0.3 is 0 Å². The molecule has 4 aliphatic rings. The minimum absolute atomic E-state index is 0. The molecule has 0 radical (unpaired) electrons. The third kappa shape index (κ3) is 6.83. The Balaban J connectivity index is 0.00000220. The Morgan fingerprint density at radius 2 is 1.55 bits per heavy atom. The summed E-state index contributed by atoms with van der Waals surface area (Å²) in [6, 6.07) is 0.216. The number of piperazine rings is 1. The lowest BCUT2D eigenvalue weighted by Crippen LogP contribution is -2.73. The fourth-order valence-corrected chi connectivity index (χ4v) is 7.84. The number of carbonyl (C=O) groups is 2. The number of hydrogen-bond acceptors (Lipinski definition) is 4. The maximum atomic E-state index is 13.8. The highest BCUT2D eigenvalue weighted by atomic mass is 35.5. The van der Waals surface area contributed by atoms with Crippen LogP contribution in [0.2, 0.25) is 0 Å². The quantitative estimate of drug-likeness (QED) is 0.383. The Bertz CT molecular complexity index is 979. The summed E-state index contributed by atoms with van der Waals surface area (Å²) in [7, 11) is 0. The molecule has 1 N–H and O–H groups in total. The molecule has 9 heteroatoms. The molecule has 1 aromatic heterocycles. The second-order valence-electron chi connectivity index (χ2n) is 12.8. The van der Waals surface area contributed by atoms with Crippen molar-refractivity contribution in [3.63, 3.8) is 0 Å². The third-order valence-corrected chi connectivity index (χ3v) is 10.3. The van der Waals surface area contributed by atoms with Crippen molar-refractivity contribution < 1.29 is 9.59 Å². The maximum absolute atomic E-state index is 13.8. The van der Waals surface area contributed by atoms with E-state index in [0.29, 0.717) is 18.5 Å². The van der Waals surface area contributed by atoms with Gasteiger partial charge in [-0.3, -0.25) is 19.2 Å². The number of nitrogens with zero attached hydrogens (tertiary/aromatic N) is 4. The second-order valence-corrected chi connectivity index (χ2v) is 12.8. The van der Waals surface area contributed by atoms with Gasteiger partial charge < -0.3 is 10.2 Å². The van der Waals surface area contributed by atoms with Gasteiger partial charge in [0, 0.05) is 37.4 Å². The number of halogens is 2. The van der Waals surface area contributed by atoms with Gasteiger partial charge in [0.25, 0.3) is 0 Å². The zero-order chi connectivity index (χ0) is 26.7. The van der Waals surface area contributed by atoms with Gasteiger partial charge in [-0.25, -0.2) is 0 Å². The first-order chi connectivity index (χ1) is 18.4. The number of aromatic nitrogens is 2. The number of piperidine rings is 1. The van der Waals surface area contributed by atoms with E-state index in [9.17, 15) is 9.59 Å². The fourth-order valence-electron chi connectivity index (χ4n) is 7.84. The molecule has 4 fully saturated rings. The van der Waals surface area contributed by atoms with Crippen molar-refractivity contribution in [3.05, 3.63) is 17.0 Å². The van der Waals surface area contributed by atoms with Crippen LogP contribution in [0.1, 0.15) is 126 Å². The molecule has 7 nitrogen and oxygen atoms in total. The van der Waals surface area contributed by atoms with Crippen molar-refractivity contribution in [3.8, 4) is 0 Å². The highest BCUT2D eigenvalue weighted by molar-refractivity contribution is 6.00. The van der Waals surface area contributed by atoms with Crippen LogP contribution >= 0.6 is 24.8 Å². The average molecular weight is 599 g/mol. The molecule has 2 saturated carbocycles. The van der Waals surface area contributed by atoms with Gasteiger partial charge in [0.1, 0.15) is 11.6 Å². The molecule has 228 valence electrons. The monoisotopic (exact) mass is 597 g/mol. The van der Waals surface area contributed by atoms with Crippen LogP contribution in [-0.4, -0.2) is 62.6 Å². The van der Waals surface area contributed by atoms with Crippen molar-refractivity contribution in [2.24, 2.45) is 5.92 Å². The lowest BCUT2D eigenvalue weighted by atomic mass is 9.79. The summed E-state index contributed by atoms with van der Waals surface area (Å²) < 4.78 is 2.31. The summed E-state index contributed by atoms with van der Waals surface area (Å²) in [6.07, 6.45) is 16.9. The number of unbranched alkanes of at least 4 members (excludes halogenated alkanes) is 1. The van der Waals surface area contributed by atoms with Gasteiger partial charge in [-0.05, 0) is 58.3 Å². The summed E-state index contributed by atoms with van der Waals surface area (Å²) in [5, 5.41) is 8.22. The lowest BCUT2D eigenvalue weighted by Gasteiger charge is -2.52. The van der Waals surface area contributed by atoms with E-state index in [1.165, 1.54) is 75.5 Å². The van der Waals surface area contributed by atoms with Gasteiger partial charge in [0.05, 0.1) is 11.7 Å². The molecule has 3 heterocycles. The van der Waals surface area contributed by atoms with E-state index in [4.69, 9.17) is 5.10 Å². The summed E-state index contributed by atoms with van der Waals surface area (Å²) in [6.45, 7) is 9.82. The number of amides is 2. The molecule has 5 rings (SSSR count). The zero-order valence-electron chi connectivity index (χ0n) is 25.1. The molecule has 0 unspecified atom stereocenters. The maximum Gasteiger partial charge on any atom is 0.246 e. The molecule has 2 aliphatic heterocycles. The Kier molecular flexibility index (Phi) is 12.2. The van der Waals surface area contributed by atoms with E-state index in [1.807, 2.05) is 4.90 Å². The van der Waals surface area contributed by atoms with Crippen molar-refractivity contribution in [1.82, 2.24) is 24.9 Å². The van der Waals surface area contributed by atoms with Crippen LogP contribution in [0.3, 0.4) is 0 Å². The van der Waals surface area contributed by atoms with Crippen molar-refractivity contribution in [2.45, 2.75) is 141 Å². The van der Waals surface area contributed by atoms with Crippen molar-refractivity contribution in [1.29, 1.82) is 0 Å². The summed E-state index contributed by atoms with van der Waals surface area (Å²) in [5.41, 5.74) is 3.14. The van der Waals surface area contributed by atoms with Gasteiger partial charge in [0.2, 0.25) is 11.8 Å². The molecule has 40 heavy (non-hydrogen) atoms. The zero-order valence-corrected chi connectivity index (χ0v) is 26.7. The first-order valence-electron chi connectivity index (χ1n) is 15.8. The van der Waals surface area contributed by atoms with Crippen LogP contribution < -0.4 is 5.32 Å². The smallest absolute Gasteiger partial charge is 0.246 e. The molecule has 1 spiro atoms. The molecular weight excluding hydrogens is 545 g/mol. The number of likely N-dealkylation sites (tertiary alicyclic amines) is 1. The van der Waals surface area contributed by atoms with Crippen LogP contribution in [0.25, 0.3) is 0 Å². The first-order valence-corrected chi connectivity index (χ1v) is 15.8. The molecule has 1 atom stereocenters. The molecule has 2 saturated heterocycles. The molecule has 0 aromatic carbocycles. The van der Waals surface area contributed by atoms with Gasteiger partial charge in [-0.15, -0.1) is 24.8 Å². The molecule has 1 aromatic rings. The van der Waals surface area contributed by atoms with Crippen LogP contribution in [0.5, 0.6) is 0 Å². The standard InChI is InChI=1S/C31H51N5O2.2ClH/c1-4-5-18-35-29(37)28(21-25-12-8-6-9-13-25)32-30(38)31(35)16-19-34(20-17-31)22-27-23(2)33-36(24(27)3)26-14-10-7-11-15-26;;/h25-26,28H,4-22H2,1-3H3,(H,32,38);2*1H/t28-;;/m0../s1. The largest absolute Gasteiger partial charge is 0.342 e.